The van der Waals surface area contributed by atoms with Crippen molar-refractivity contribution >= 4 is 28.8 Å². The van der Waals surface area contributed by atoms with Gasteiger partial charge in [-0.3, -0.25) is 10.1 Å². The normalized spacial score (nSPS) is 10.9. The monoisotopic (exact) mass is 401 g/mol. The van der Waals surface area contributed by atoms with Crippen LogP contribution in [0.5, 0.6) is 11.5 Å². The van der Waals surface area contributed by atoms with Crippen molar-refractivity contribution in [1.82, 2.24) is 5.32 Å². The van der Waals surface area contributed by atoms with Gasteiger partial charge in [0.1, 0.15) is 18.2 Å². The third kappa shape index (κ3) is 4.75. The number of nitrogens with zero attached hydrogens (tertiary/aromatic N) is 1. The number of amides is 3. The SMILES string of the molecule is COc1cc(/C=C(/C#N)C(=O)NC(N)=O)ccc1OCc1cccc2ccccc12. The first-order valence-electron chi connectivity index (χ1n) is 9.02. The van der Waals surface area contributed by atoms with E-state index in [4.69, 9.17) is 20.5 Å². The van der Waals surface area contributed by atoms with E-state index in [-0.39, 0.29) is 5.57 Å². The zero-order valence-electron chi connectivity index (χ0n) is 16.2. The highest BCUT2D eigenvalue weighted by Crippen LogP contribution is 2.30. The minimum absolute atomic E-state index is 0.264. The summed E-state index contributed by atoms with van der Waals surface area (Å²) >= 11 is 0. The maximum Gasteiger partial charge on any atom is 0.319 e. The number of rotatable bonds is 6. The first-order valence-corrected chi connectivity index (χ1v) is 9.02. The van der Waals surface area contributed by atoms with Gasteiger partial charge in [-0.2, -0.15) is 5.26 Å². The van der Waals surface area contributed by atoms with Crippen molar-refractivity contribution in [3.8, 4) is 17.6 Å². The first-order chi connectivity index (χ1) is 14.5. The number of hydrogen-bond donors (Lipinski definition) is 2. The standard InChI is InChI=1S/C23H19N3O4/c1-29-21-12-15(11-18(13-24)22(27)26-23(25)28)9-10-20(21)30-14-17-7-4-6-16-5-2-3-8-19(16)17/h2-12H,14H2,1H3,(H3,25,26,27,28)/b18-11-. The maximum atomic E-state index is 11.8. The van der Waals surface area contributed by atoms with Crippen LogP contribution in [0.4, 0.5) is 4.79 Å². The lowest BCUT2D eigenvalue weighted by Crippen LogP contribution is -2.35. The lowest BCUT2D eigenvalue weighted by molar-refractivity contribution is -0.115. The predicted molar refractivity (Wildman–Crippen MR) is 113 cm³/mol. The Balaban J connectivity index is 1.82. The molecule has 3 aromatic rings. The summed E-state index contributed by atoms with van der Waals surface area (Å²) in [5.74, 6) is 0.0829. The lowest BCUT2D eigenvalue weighted by atomic mass is 10.1. The molecule has 0 bridgehead atoms. The van der Waals surface area contributed by atoms with Gasteiger partial charge in [-0.1, -0.05) is 48.5 Å². The van der Waals surface area contributed by atoms with Crippen molar-refractivity contribution in [3.05, 3.63) is 77.4 Å². The summed E-state index contributed by atoms with van der Waals surface area (Å²) in [6.07, 6.45) is 1.33. The molecule has 0 aromatic heterocycles. The van der Waals surface area contributed by atoms with Gasteiger partial charge in [-0.05, 0) is 40.1 Å². The fourth-order valence-corrected chi connectivity index (χ4v) is 2.96. The van der Waals surface area contributed by atoms with Crippen LogP contribution in [0.25, 0.3) is 16.8 Å². The largest absolute Gasteiger partial charge is 0.493 e. The van der Waals surface area contributed by atoms with E-state index in [0.29, 0.717) is 23.7 Å². The minimum Gasteiger partial charge on any atom is -0.493 e. The molecule has 0 saturated heterocycles. The lowest BCUT2D eigenvalue weighted by Gasteiger charge is -2.13. The molecule has 3 rings (SSSR count). The number of nitrogens with two attached hydrogens (primary N) is 1. The summed E-state index contributed by atoms with van der Waals surface area (Å²) in [6, 6.07) is 19.8. The van der Waals surface area contributed by atoms with Crippen LogP contribution in [0.1, 0.15) is 11.1 Å². The second kappa shape index (κ2) is 9.26. The van der Waals surface area contributed by atoms with Gasteiger partial charge in [-0.25, -0.2) is 4.79 Å². The number of fused-ring (bicyclic) bond motifs is 1. The molecule has 3 amide bonds. The zero-order chi connectivity index (χ0) is 21.5. The van der Waals surface area contributed by atoms with Gasteiger partial charge in [0.2, 0.25) is 0 Å². The molecule has 0 saturated carbocycles. The van der Waals surface area contributed by atoms with Crippen molar-refractivity contribution in [2.24, 2.45) is 5.73 Å². The average Bonchev–Trinajstić information content (AvgIpc) is 2.75. The van der Waals surface area contributed by atoms with E-state index in [1.807, 2.05) is 47.8 Å². The molecule has 0 heterocycles. The van der Waals surface area contributed by atoms with E-state index in [1.54, 1.807) is 24.3 Å². The molecule has 30 heavy (non-hydrogen) atoms. The van der Waals surface area contributed by atoms with Crippen LogP contribution >= 0.6 is 0 Å². The molecule has 0 fully saturated rings. The van der Waals surface area contributed by atoms with E-state index in [1.165, 1.54) is 13.2 Å². The Bertz CT molecular complexity index is 1170. The van der Waals surface area contributed by atoms with E-state index >= 15 is 0 Å². The zero-order valence-corrected chi connectivity index (χ0v) is 16.2. The summed E-state index contributed by atoms with van der Waals surface area (Å²) in [5, 5.41) is 13.3. The number of urea groups is 1. The fraction of sp³-hybridized carbons (Fsp3) is 0.0870. The molecule has 0 aliphatic carbocycles. The summed E-state index contributed by atoms with van der Waals surface area (Å²) in [4.78, 5) is 22.6. The molecular weight excluding hydrogens is 382 g/mol. The van der Waals surface area contributed by atoms with Crippen molar-refractivity contribution in [2.45, 2.75) is 6.61 Å². The molecule has 0 spiro atoms. The van der Waals surface area contributed by atoms with Crippen LogP contribution < -0.4 is 20.5 Å². The molecule has 7 nitrogen and oxygen atoms in total. The molecule has 0 aliphatic rings. The number of methoxy groups -OCH3 is 1. The molecule has 7 heteroatoms. The summed E-state index contributed by atoms with van der Waals surface area (Å²) in [7, 11) is 1.50. The van der Waals surface area contributed by atoms with Crippen LogP contribution in [0.15, 0.2) is 66.2 Å². The quantitative estimate of drug-likeness (QED) is 0.484. The topological polar surface area (TPSA) is 114 Å². The van der Waals surface area contributed by atoms with Gasteiger partial charge < -0.3 is 15.2 Å². The molecule has 0 atom stereocenters. The van der Waals surface area contributed by atoms with Gasteiger partial charge in [0.15, 0.2) is 11.5 Å². The third-order valence-electron chi connectivity index (χ3n) is 4.36. The third-order valence-corrected chi connectivity index (χ3v) is 4.36. The molecule has 0 radical (unpaired) electrons. The number of carbonyl (C=O) groups excluding carboxylic acids is 2. The van der Waals surface area contributed by atoms with E-state index in [0.717, 1.165) is 16.3 Å². The van der Waals surface area contributed by atoms with Crippen LogP contribution in [0.3, 0.4) is 0 Å². The molecule has 0 aliphatic heterocycles. The van der Waals surface area contributed by atoms with Crippen LogP contribution in [-0.2, 0) is 11.4 Å². The van der Waals surface area contributed by atoms with E-state index in [9.17, 15) is 9.59 Å². The summed E-state index contributed by atoms with van der Waals surface area (Å²) in [6.45, 7) is 0.345. The van der Waals surface area contributed by atoms with Gasteiger partial charge in [-0.15, -0.1) is 0 Å². The summed E-state index contributed by atoms with van der Waals surface area (Å²) in [5.41, 5.74) is 6.22. The highest BCUT2D eigenvalue weighted by atomic mass is 16.5. The average molecular weight is 401 g/mol. The highest BCUT2D eigenvalue weighted by molar-refractivity contribution is 6.08. The van der Waals surface area contributed by atoms with E-state index in [2.05, 4.69) is 0 Å². The molecule has 3 aromatic carbocycles. The first kappa shape index (κ1) is 20.4. The summed E-state index contributed by atoms with van der Waals surface area (Å²) < 4.78 is 11.3. The Kier molecular flexibility index (Phi) is 6.30. The number of nitriles is 1. The van der Waals surface area contributed by atoms with Gasteiger partial charge >= 0.3 is 6.03 Å². The predicted octanol–water partition coefficient (Wildman–Crippen LogP) is 3.53. The Morgan fingerprint density at radius 1 is 1.10 bits per heavy atom. The van der Waals surface area contributed by atoms with Gasteiger partial charge in [0.25, 0.3) is 5.91 Å². The Labute approximate surface area is 173 Å². The van der Waals surface area contributed by atoms with Crippen LogP contribution in [-0.4, -0.2) is 19.0 Å². The van der Waals surface area contributed by atoms with Crippen LogP contribution in [0, 0.1) is 11.3 Å². The number of imide groups is 1. The molecule has 3 N–H and O–H groups in total. The smallest absolute Gasteiger partial charge is 0.319 e. The number of ether oxygens (including phenoxy) is 2. The van der Waals surface area contributed by atoms with Crippen molar-refractivity contribution in [3.63, 3.8) is 0 Å². The van der Waals surface area contributed by atoms with E-state index < -0.39 is 11.9 Å². The number of hydrogen-bond acceptors (Lipinski definition) is 5. The Morgan fingerprint density at radius 2 is 1.87 bits per heavy atom. The van der Waals surface area contributed by atoms with Gasteiger partial charge in [0.05, 0.1) is 7.11 Å². The van der Waals surface area contributed by atoms with Crippen molar-refractivity contribution < 1.29 is 19.1 Å². The number of benzene rings is 3. The molecular formula is C23H19N3O4. The molecule has 150 valence electrons. The Hall–Kier alpha value is -4.31. The van der Waals surface area contributed by atoms with Gasteiger partial charge in [0, 0.05) is 0 Å². The second-order valence-electron chi connectivity index (χ2n) is 6.33. The maximum absolute atomic E-state index is 11.8. The fourth-order valence-electron chi connectivity index (χ4n) is 2.96. The Morgan fingerprint density at radius 3 is 2.60 bits per heavy atom. The van der Waals surface area contributed by atoms with Crippen molar-refractivity contribution in [1.29, 1.82) is 5.26 Å². The minimum atomic E-state index is -1.03. The second-order valence-corrected chi connectivity index (χ2v) is 6.33. The number of carbonyl (C=O) groups is 2. The number of nitrogens with one attached hydrogen (secondary N) is 1. The molecule has 0 unspecified atom stereocenters. The van der Waals surface area contributed by atoms with Crippen molar-refractivity contribution in [2.75, 3.05) is 7.11 Å². The van der Waals surface area contributed by atoms with Crippen LogP contribution in [0.2, 0.25) is 0 Å². The number of primary amides is 1. The highest BCUT2D eigenvalue weighted by Gasteiger charge is 2.12.